The number of benzene rings is 3. The second-order valence-electron chi connectivity index (χ2n) is 8.06. The van der Waals surface area contributed by atoms with Gasteiger partial charge >= 0.3 is 0 Å². The molecule has 6 heteroatoms. The number of pyridine rings is 1. The van der Waals surface area contributed by atoms with Gasteiger partial charge < -0.3 is 9.64 Å². The van der Waals surface area contributed by atoms with E-state index < -0.39 is 0 Å². The van der Waals surface area contributed by atoms with E-state index in [-0.39, 0.29) is 0 Å². The fourth-order valence-electron chi connectivity index (χ4n) is 4.47. The number of fused-ring (bicyclic) bond motifs is 2. The van der Waals surface area contributed by atoms with Crippen molar-refractivity contribution in [3.8, 4) is 16.9 Å². The lowest BCUT2D eigenvalue weighted by atomic mass is 10.0. The Morgan fingerprint density at radius 2 is 1.82 bits per heavy atom. The third-order valence-electron chi connectivity index (χ3n) is 6.14. The summed E-state index contributed by atoms with van der Waals surface area (Å²) in [7, 11) is 1.70. The topological polar surface area (TPSA) is 16.4 Å². The van der Waals surface area contributed by atoms with Gasteiger partial charge in [-0.05, 0) is 67.9 Å². The van der Waals surface area contributed by atoms with Gasteiger partial charge in [0.25, 0.3) is 0 Å². The summed E-state index contributed by atoms with van der Waals surface area (Å²) in [5.74, 6) is 0.871. The molecule has 0 N–H and O–H groups in total. The molecule has 0 fully saturated rings. The number of anilines is 1. The first-order valence-electron chi connectivity index (χ1n) is 11.3. The quantitative estimate of drug-likeness (QED) is 0.254. The van der Waals surface area contributed by atoms with Crippen molar-refractivity contribution in [1.82, 2.24) is 0 Å². The lowest BCUT2D eigenvalue weighted by Crippen LogP contribution is -2.37. The Labute approximate surface area is 214 Å². The number of halogens is 2. The molecule has 3 nitrogen and oxygen atoms in total. The van der Waals surface area contributed by atoms with Crippen LogP contribution in [0.2, 0.25) is 10.0 Å². The molecule has 0 amide bonds. The number of hydrogen-bond donors (Lipinski definition) is 0. The Hall–Kier alpha value is -2.66. The zero-order chi connectivity index (χ0) is 23.8. The largest absolute Gasteiger partial charge is 0.497 e. The number of rotatable bonds is 5. The number of aryl methyl sites for hydroxylation is 1. The van der Waals surface area contributed by atoms with Crippen LogP contribution < -0.4 is 14.2 Å². The molecule has 1 aliphatic rings. The first kappa shape index (κ1) is 23.1. The van der Waals surface area contributed by atoms with Crippen LogP contribution in [0.4, 0.5) is 5.69 Å². The number of hydrogen-bond acceptors (Lipinski definition) is 3. The van der Waals surface area contributed by atoms with E-state index in [1.165, 1.54) is 32.2 Å². The normalized spacial score (nSPS) is 14.1. The van der Waals surface area contributed by atoms with Crippen LogP contribution in [0.1, 0.15) is 19.5 Å². The minimum atomic E-state index is 0.681. The lowest BCUT2D eigenvalue weighted by Gasteiger charge is -2.19. The van der Waals surface area contributed by atoms with Gasteiger partial charge in [0.15, 0.2) is 0 Å². The van der Waals surface area contributed by atoms with E-state index >= 15 is 0 Å². The minimum absolute atomic E-state index is 0.681. The molecule has 0 saturated heterocycles. The van der Waals surface area contributed by atoms with Gasteiger partial charge in [0.05, 0.1) is 23.2 Å². The molecule has 0 saturated carbocycles. The van der Waals surface area contributed by atoms with Crippen LogP contribution in [0.5, 0.6) is 5.75 Å². The Morgan fingerprint density at radius 3 is 2.59 bits per heavy atom. The smallest absolute Gasteiger partial charge is 0.213 e. The fourth-order valence-corrected chi connectivity index (χ4v) is 6.02. The monoisotopic (exact) mass is 507 g/mol. The van der Waals surface area contributed by atoms with Crippen LogP contribution in [0.3, 0.4) is 0 Å². The van der Waals surface area contributed by atoms with Crippen molar-refractivity contribution in [3.05, 3.63) is 87.5 Å². The van der Waals surface area contributed by atoms with Gasteiger partial charge in [0.1, 0.15) is 12.3 Å². The van der Waals surface area contributed by atoms with E-state index in [1.807, 2.05) is 24.3 Å². The average molecular weight is 508 g/mol. The minimum Gasteiger partial charge on any atom is -0.497 e. The van der Waals surface area contributed by atoms with Gasteiger partial charge in [-0.25, -0.2) is 0 Å². The van der Waals surface area contributed by atoms with E-state index in [4.69, 9.17) is 27.9 Å². The van der Waals surface area contributed by atoms with Gasteiger partial charge in [0.2, 0.25) is 11.2 Å². The van der Waals surface area contributed by atoms with Crippen LogP contribution in [-0.2, 0) is 6.54 Å². The summed E-state index contributed by atoms with van der Waals surface area (Å²) in [6, 6.07) is 22.7. The van der Waals surface area contributed by atoms with Gasteiger partial charge in [-0.15, -0.1) is 0 Å². The highest BCUT2D eigenvalue weighted by atomic mass is 35.5. The second kappa shape index (κ2) is 9.53. The Kier molecular flexibility index (Phi) is 6.48. The van der Waals surface area contributed by atoms with Crippen molar-refractivity contribution in [2.75, 3.05) is 18.6 Å². The predicted molar refractivity (Wildman–Crippen MR) is 145 cm³/mol. The van der Waals surface area contributed by atoms with E-state index in [2.05, 4.69) is 71.9 Å². The van der Waals surface area contributed by atoms with E-state index in [0.717, 1.165) is 30.0 Å². The van der Waals surface area contributed by atoms with Crippen molar-refractivity contribution < 1.29 is 9.30 Å². The summed E-state index contributed by atoms with van der Waals surface area (Å²) in [4.78, 5) is 3.60. The highest BCUT2D eigenvalue weighted by molar-refractivity contribution is 8.03. The van der Waals surface area contributed by atoms with E-state index in [9.17, 15) is 0 Å². The molecule has 0 spiro atoms. The summed E-state index contributed by atoms with van der Waals surface area (Å²) < 4.78 is 7.75. The lowest BCUT2D eigenvalue weighted by molar-refractivity contribution is -0.669. The van der Waals surface area contributed by atoms with Crippen LogP contribution in [0.15, 0.2) is 76.7 Å². The Bertz CT molecular complexity index is 1430. The molecule has 5 rings (SSSR count). The molecule has 0 bridgehead atoms. The number of thioether (sulfide) groups is 1. The zero-order valence-electron chi connectivity index (χ0n) is 19.3. The first-order valence-corrected chi connectivity index (χ1v) is 12.9. The van der Waals surface area contributed by atoms with Gasteiger partial charge in [0, 0.05) is 45.3 Å². The molecule has 34 heavy (non-hydrogen) atoms. The van der Waals surface area contributed by atoms with Crippen molar-refractivity contribution in [2.24, 2.45) is 0 Å². The molecule has 0 aliphatic carbocycles. The summed E-state index contributed by atoms with van der Waals surface area (Å²) >= 11 is 14.5. The highest BCUT2D eigenvalue weighted by Gasteiger charge is 2.26. The van der Waals surface area contributed by atoms with E-state index in [1.54, 1.807) is 18.9 Å². The zero-order valence-corrected chi connectivity index (χ0v) is 21.6. The maximum Gasteiger partial charge on any atom is 0.213 e. The standard InChI is InChI=1S/C28H25Cl2N2OS/c1-4-31-21(9-6-19-14-22(33-3)10-12-25(19)31)17-28-32(5-2)26-15-18(7-13-27(26)34-28)23-16-20(29)8-11-24(23)30/h6-17H,4-5H2,1-3H3/q+1. The van der Waals surface area contributed by atoms with Crippen LogP contribution in [-0.4, -0.2) is 13.7 Å². The molecular formula is C28H25Cl2N2OS+. The van der Waals surface area contributed by atoms with Crippen LogP contribution in [0.25, 0.3) is 28.1 Å². The van der Waals surface area contributed by atoms with Crippen LogP contribution >= 0.6 is 35.0 Å². The molecule has 4 aromatic rings. The Balaban J connectivity index is 1.56. The maximum atomic E-state index is 6.49. The predicted octanol–water partition coefficient (Wildman–Crippen LogP) is 8.06. The number of nitrogens with zero attached hydrogens (tertiary/aromatic N) is 2. The van der Waals surface area contributed by atoms with Crippen molar-refractivity contribution in [3.63, 3.8) is 0 Å². The first-order chi connectivity index (χ1) is 16.5. The molecule has 0 radical (unpaired) electrons. The Morgan fingerprint density at radius 1 is 0.971 bits per heavy atom. The number of methoxy groups -OCH3 is 1. The molecule has 1 aliphatic heterocycles. The molecule has 1 aromatic heterocycles. The number of ether oxygens (including phenoxy) is 1. The third kappa shape index (κ3) is 4.15. The maximum absolute atomic E-state index is 6.49. The van der Waals surface area contributed by atoms with Gasteiger partial charge in [-0.2, -0.15) is 4.57 Å². The molecule has 2 heterocycles. The molecule has 0 unspecified atom stereocenters. The fraction of sp³-hybridized carbons (Fsp3) is 0.179. The van der Waals surface area contributed by atoms with Crippen molar-refractivity contribution >= 4 is 57.6 Å². The third-order valence-corrected chi connectivity index (χ3v) is 7.82. The summed E-state index contributed by atoms with van der Waals surface area (Å²) in [6.45, 7) is 6.11. The van der Waals surface area contributed by atoms with Crippen molar-refractivity contribution in [2.45, 2.75) is 25.3 Å². The SMILES string of the molecule is CCN1C(=Cc2ccc3cc(OC)ccc3[n+]2CC)Sc2ccc(-c3cc(Cl)ccc3Cl)cc21. The average Bonchev–Trinajstić information content (AvgIpc) is 3.21. The van der Waals surface area contributed by atoms with Gasteiger partial charge in [-0.1, -0.05) is 41.0 Å². The summed E-state index contributed by atoms with van der Waals surface area (Å²) in [5, 5.41) is 3.76. The summed E-state index contributed by atoms with van der Waals surface area (Å²) in [5.41, 5.74) is 5.58. The van der Waals surface area contributed by atoms with Crippen LogP contribution in [0, 0.1) is 0 Å². The van der Waals surface area contributed by atoms with Crippen molar-refractivity contribution in [1.29, 1.82) is 0 Å². The highest BCUT2D eigenvalue weighted by Crippen LogP contribution is 2.48. The molecular weight excluding hydrogens is 483 g/mol. The summed E-state index contributed by atoms with van der Waals surface area (Å²) in [6.07, 6.45) is 2.29. The number of aromatic nitrogens is 1. The molecule has 172 valence electrons. The second-order valence-corrected chi connectivity index (χ2v) is 9.97. The van der Waals surface area contributed by atoms with E-state index in [0.29, 0.717) is 10.0 Å². The molecule has 0 atom stereocenters. The molecule has 3 aromatic carbocycles. The van der Waals surface area contributed by atoms with Gasteiger partial charge in [-0.3, -0.25) is 0 Å².